The number of rotatable bonds is 28. The van der Waals surface area contributed by atoms with Crippen molar-refractivity contribution in [3.63, 3.8) is 0 Å². The molecule has 0 bridgehead atoms. The molecular weight excluding hydrogens is 905 g/mol. The number of hydrogen-bond donors (Lipinski definition) is 2. The van der Waals surface area contributed by atoms with Gasteiger partial charge >= 0.3 is 207 Å². The monoisotopic (exact) mass is 952 g/mol. The molecule has 2 N–H and O–H groups in total. The zero-order chi connectivity index (χ0) is 37.3. The summed E-state index contributed by atoms with van der Waals surface area (Å²) in [6, 6.07) is 0. The number of phosphoric acid groups is 4. The van der Waals surface area contributed by atoms with Crippen LogP contribution in [0.25, 0.3) is 0 Å². The van der Waals surface area contributed by atoms with Gasteiger partial charge < -0.3 is 90.3 Å². The summed E-state index contributed by atoms with van der Waals surface area (Å²) in [4.78, 5) is 80.7. The van der Waals surface area contributed by atoms with Crippen LogP contribution in [0.1, 0.15) is 90.9 Å². The molecule has 0 spiro atoms. The molecule has 0 radical (unpaired) electrons. The zero-order valence-electron chi connectivity index (χ0n) is 34.4. The van der Waals surface area contributed by atoms with Crippen LogP contribution in [0, 0.1) is 0 Å². The Kier molecular flexibility index (Phi) is 57.1. The van der Waals surface area contributed by atoms with Crippen LogP contribution >= 0.6 is 31.3 Å². The van der Waals surface area contributed by atoms with Crippen LogP contribution in [0.15, 0.2) is 0 Å². The van der Waals surface area contributed by atoms with Gasteiger partial charge in [-0.25, -0.2) is 0 Å². The summed E-state index contributed by atoms with van der Waals surface area (Å²) in [5, 5.41) is 21.2. The quantitative estimate of drug-likeness (QED) is 0.0418. The average molecular weight is 952 g/mol. The summed E-state index contributed by atoms with van der Waals surface area (Å²) < 4.78 is 79.5. The van der Waals surface area contributed by atoms with E-state index in [1.165, 1.54) is 0 Å². The van der Waals surface area contributed by atoms with Gasteiger partial charge in [0.25, 0.3) is 7.82 Å². The Morgan fingerprint density at radius 3 is 1.23 bits per heavy atom. The van der Waals surface area contributed by atoms with Gasteiger partial charge in [-0.05, 0) is 12.8 Å². The number of hydrogen-bond acceptors (Lipinski definition) is 20. The molecule has 20 nitrogen and oxygen atoms in total. The van der Waals surface area contributed by atoms with E-state index in [1.54, 1.807) is 0 Å². The van der Waals surface area contributed by atoms with E-state index in [-0.39, 0.29) is 220 Å². The van der Waals surface area contributed by atoms with Crippen LogP contribution in [-0.4, -0.2) is 79.4 Å². The molecule has 0 saturated heterocycles. The number of aliphatic hydroxyl groups excluding tert-OH is 2. The molecule has 1 aliphatic carbocycles. The van der Waals surface area contributed by atoms with E-state index in [2.05, 4.69) is 31.9 Å². The number of ether oxygens (including phenoxy) is 2. The van der Waals surface area contributed by atoms with Gasteiger partial charge in [-0.15, -0.1) is 0 Å². The Morgan fingerprint density at radius 1 is 0.482 bits per heavy atom. The first-order valence-electron chi connectivity index (χ1n) is 16.0. The first kappa shape index (κ1) is 77.5. The molecule has 0 aromatic rings. The minimum absolute atomic E-state index is 0. The largest absolute Gasteiger partial charge is 1.00 e. The van der Waals surface area contributed by atoms with Gasteiger partial charge in [0.2, 0.25) is 0 Å². The Balaban J connectivity index is -0.000000686. The summed E-state index contributed by atoms with van der Waals surface area (Å²) in [5.74, 6) is 0. The number of phosphoric ester groups is 4. The van der Waals surface area contributed by atoms with Crippen LogP contribution in [-0.2, 0) is 50.4 Å². The Hall–Kier alpha value is 7.28. The second-order valence-corrected chi connectivity index (χ2v) is 16.1. The van der Waals surface area contributed by atoms with Crippen molar-refractivity contribution in [1.82, 2.24) is 0 Å². The third-order valence-corrected chi connectivity index (χ3v) is 9.69. The SMILES string of the molecule is CCCCCCCCOC[C@H](COP(=O)([O-])OC1[C@H](O)[C@H](OP(=O)([O-])[O-])C(OP(=O)([O-])[O-])[C@H](OP(=O)([O-])[O-])[C@H]1O)OCCCCCCCC.[Na+].[Na+].[Na+].[Na+].[Na+].[Na+].[Na+]. The molecule has 56 heavy (non-hydrogen) atoms. The molecule has 0 aromatic carbocycles. The van der Waals surface area contributed by atoms with Crippen LogP contribution in [0.5, 0.6) is 0 Å². The smallest absolute Gasteiger partial charge is 0.790 e. The molecule has 0 amide bonds. The first-order chi connectivity index (χ1) is 22.7. The van der Waals surface area contributed by atoms with Crippen molar-refractivity contribution in [1.29, 1.82) is 0 Å². The maximum atomic E-state index is 12.8. The minimum atomic E-state index is -6.29. The molecule has 8 atom stereocenters. The van der Waals surface area contributed by atoms with Crippen molar-refractivity contribution in [2.45, 2.75) is 134 Å². The van der Waals surface area contributed by atoms with Gasteiger partial charge in [0.1, 0.15) is 42.7 Å². The van der Waals surface area contributed by atoms with E-state index in [4.69, 9.17) is 14.0 Å². The maximum Gasteiger partial charge on any atom is 1.00 e. The van der Waals surface area contributed by atoms with Gasteiger partial charge in [0, 0.05) is 13.2 Å². The van der Waals surface area contributed by atoms with Crippen LogP contribution in [0.4, 0.5) is 0 Å². The third-order valence-electron chi connectivity index (χ3n) is 7.21. The van der Waals surface area contributed by atoms with Gasteiger partial charge in [-0.3, -0.25) is 4.57 Å². The fraction of sp³-hybridized carbons (Fsp3) is 1.00. The summed E-state index contributed by atoms with van der Waals surface area (Å²) in [6.45, 7) is 3.87. The second kappa shape index (κ2) is 41.3. The van der Waals surface area contributed by atoms with Gasteiger partial charge in [0.15, 0.2) is 0 Å². The Labute approximate surface area is 485 Å². The summed E-state index contributed by atoms with van der Waals surface area (Å²) >= 11 is 0. The molecular formula is C25H47Na7O20P4. The fourth-order valence-corrected chi connectivity index (χ4v) is 7.50. The summed E-state index contributed by atoms with van der Waals surface area (Å²) in [5.41, 5.74) is 0. The Morgan fingerprint density at radius 2 is 0.839 bits per heavy atom. The van der Waals surface area contributed by atoms with Gasteiger partial charge in [-0.1, -0.05) is 78.1 Å². The molecule has 1 fully saturated rings. The summed E-state index contributed by atoms with van der Waals surface area (Å²) in [7, 11) is -24.6. The Bertz CT molecular complexity index is 1090. The van der Waals surface area contributed by atoms with E-state index in [1.807, 2.05) is 0 Å². The third kappa shape index (κ3) is 38.3. The first-order valence-corrected chi connectivity index (χ1v) is 21.8. The normalized spacial score (nSPS) is 22.5. The molecule has 294 valence electrons. The molecule has 0 aromatic heterocycles. The number of unbranched alkanes of at least 4 members (excludes halogenated alkanes) is 10. The van der Waals surface area contributed by atoms with E-state index >= 15 is 0 Å². The van der Waals surface area contributed by atoms with E-state index in [0.29, 0.717) is 13.0 Å². The molecule has 0 aliphatic heterocycles. The molecule has 0 heterocycles. The predicted molar refractivity (Wildman–Crippen MR) is 155 cm³/mol. The minimum Gasteiger partial charge on any atom is -0.790 e. The van der Waals surface area contributed by atoms with E-state index < -0.39 is 80.6 Å². The van der Waals surface area contributed by atoms with Gasteiger partial charge in [0.05, 0.1) is 36.7 Å². The second-order valence-electron chi connectivity index (χ2n) is 11.4. The van der Waals surface area contributed by atoms with Crippen molar-refractivity contribution < 1.29 is 302 Å². The van der Waals surface area contributed by atoms with Crippen LogP contribution in [0.3, 0.4) is 0 Å². The van der Waals surface area contributed by atoms with Gasteiger partial charge in [-0.2, -0.15) is 0 Å². The fourth-order valence-electron chi connectivity index (χ4n) is 4.92. The van der Waals surface area contributed by atoms with Crippen molar-refractivity contribution in [3.05, 3.63) is 0 Å². The molecule has 31 heteroatoms. The van der Waals surface area contributed by atoms with E-state index in [9.17, 15) is 62.7 Å². The zero-order valence-corrected chi connectivity index (χ0v) is 52.0. The average Bonchev–Trinajstić information content (AvgIpc) is 2.97. The van der Waals surface area contributed by atoms with E-state index in [0.717, 1.165) is 70.6 Å². The van der Waals surface area contributed by atoms with Crippen molar-refractivity contribution in [2.75, 3.05) is 26.4 Å². The standard InChI is InChI=1S/C25H54O20P4.7Na/c1-3-5-7-9-11-13-15-39-17-19(40-16-14-12-10-8-6-4-2)18-41-49(37,38)45-22-20(26)23(42-46(28,29)30)25(44-48(34,35)36)24(21(22)27)43-47(31,32)33;;;;;;;/h19-27H,3-18H2,1-2H3,(H,37,38)(H2,28,29,30)(H2,31,32,33)(H2,34,35,36);;;;;;;/q;7*+1/p-7/t19-,20+,21+,22?,23-,24+,25?;;;;;;;/m1......./s1. The maximum absolute atomic E-state index is 12.8. The molecule has 1 saturated carbocycles. The number of aliphatic hydroxyl groups is 2. The molecule has 3 unspecified atom stereocenters. The molecule has 1 rings (SSSR count). The topological polar surface area (TPSA) is 335 Å². The van der Waals surface area contributed by atoms with Crippen molar-refractivity contribution in [2.24, 2.45) is 0 Å². The van der Waals surface area contributed by atoms with Crippen molar-refractivity contribution >= 4 is 31.3 Å². The molecule has 1 aliphatic rings. The van der Waals surface area contributed by atoms with Crippen LogP contribution in [0.2, 0.25) is 0 Å². The van der Waals surface area contributed by atoms with Crippen LogP contribution < -0.4 is 241 Å². The van der Waals surface area contributed by atoms with Crippen molar-refractivity contribution in [3.8, 4) is 0 Å². The predicted octanol–water partition coefficient (Wildman–Crippen LogP) is -22.6. The summed E-state index contributed by atoms with van der Waals surface area (Å²) in [6.07, 6.45) is -6.70.